The Morgan fingerprint density at radius 1 is 0.857 bits per heavy atom. The number of carbonyl (C=O) groups excluding carboxylic acids is 1. The van der Waals surface area contributed by atoms with Crippen molar-refractivity contribution in [2.24, 2.45) is 0 Å². The number of hydrogen-bond donors (Lipinski definition) is 0. The normalized spacial score (nSPS) is 13.8. The van der Waals surface area contributed by atoms with Crippen molar-refractivity contribution >= 4 is 32.3 Å². The Bertz CT molecular complexity index is 919. The topological polar surface area (TPSA) is 71.1 Å². The zero-order valence-corrected chi connectivity index (χ0v) is 24.2. The highest BCUT2D eigenvalue weighted by Gasteiger charge is 2.52. The molecule has 2 aromatic carbocycles. The molecular weight excluding hydrogens is 479 g/mol. The van der Waals surface area contributed by atoms with Crippen LogP contribution in [-0.2, 0) is 27.6 Å². The van der Waals surface area contributed by atoms with Gasteiger partial charge < -0.3 is 18.2 Å². The molecule has 0 saturated carbocycles. The van der Waals surface area contributed by atoms with E-state index in [-0.39, 0.29) is 29.8 Å². The fraction of sp³-hybridized carbons (Fsp3) is 0.519. The first-order chi connectivity index (χ1) is 16.3. The van der Waals surface area contributed by atoms with Crippen LogP contribution >= 0.6 is 7.60 Å². The molecule has 0 fully saturated rings. The van der Waals surface area contributed by atoms with Gasteiger partial charge in [0.25, 0.3) is 8.32 Å². The largest absolute Gasteiger partial charge is 0.469 e. The van der Waals surface area contributed by atoms with Gasteiger partial charge in [-0.1, -0.05) is 81.4 Å². The van der Waals surface area contributed by atoms with Crippen LogP contribution < -0.4 is 10.4 Å². The number of benzene rings is 2. The van der Waals surface area contributed by atoms with E-state index < -0.39 is 28.0 Å². The summed E-state index contributed by atoms with van der Waals surface area (Å²) in [5.74, 6) is -0.437. The van der Waals surface area contributed by atoms with Crippen molar-refractivity contribution in [1.29, 1.82) is 0 Å². The minimum absolute atomic E-state index is 0.0526. The van der Waals surface area contributed by atoms with Crippen LogP contribution in [0.3, 0.4) is 0 Å². The Morgan fingerprint density at radius 2 is 1.29 bits per heavy atom. The molecule has 2 aromatic rings. The summed E-state index contributed by atoms with van der Waals surface area (Å²) in [6.45, 7) is 13.7. The fourth-order valence-corrected chi connectivity index (χ4v) is 11.4. The van der Waals surface area contributed by atoms with Gasteiger partial charge in [0.2, 0.25) is 0 Å². The van der Waals surface area contributed by atoms with Gasteiger partial charge >= 0.3 is 13.6 Å². The third-order valence-corrected chi connectivity index (χ3v) is 13.0. The van der Waals surface area contributed by atoms with Crippen molar-refractivity contribution in [3.63, 3.8) is 0 Å². The van der Waals surface area contributed by atoms with Crippen molar-refractivity contribution in [2.75, 3.05) is 13.3 Å². The molecule has 0 radical (unpaired) electrons. The lowest BCUT2D eigenvalue weighted by molar-refractivity contribution is -0.142. The van der Waals surface area contributed by atoms with Gasteiger partial charge in [0.1, 0.15) is 0 Å². The van der Waals surface area contributed by atoms with Gasteiger partial charge in [-0.3, -0.25) is 9.36 Å². The predicted octanol–water partition coefficient (Wildman–Crippen LogP) is 5.54. The van der Waals surface area contributed by atoms with Gasteiger partial charge in [0.05, 0.1) is 38.0 Å². The van der Waals surface area contributed by atoms with Crippen molar-refractivity contribution in [3.05, 3.63) is 60.7 Å². The van der Waals surface area contributed by atoms with Crippen LogP contribution in [0, 0.1) is 0 Å². The van der Waals surface area contributed by atoms with Gasteiger partial charge in [0, 0.05) is 0 Å². The van der Waals surface area contributed by atoms with E-state index in [1.54, 1.807) is 0 Å². The quantitative estimate of drug-likeness (QED) is 0.208. The molecule has 0 N–H and O–H groups in total. The van der Waals surface area contributed by atoms with E-state index >= 15 is 0 Å². The molecule has 0 unspecified atom stereocenters. The summed E-state index contributed by atoms with van der Waals surface area (Å²) < 4.78 is 37.6. The average molecular weight is 521 g/mol. The maximum Gasteiger partial charge on any atom is 0.333 e. The smallest absolute Gasteiger partial charge is 0.333 e. The number of carbonyl (C=O) groups is 1. The lowest BCUT2D eigenvalue weighted by Crippen LogP contribution is -2.68. The summed E-state index contributed by atoms with van der Waals surface area (Å²) in [4.78, 5) is 12.5. The summed E-state index contributed by atoms with van der Waals surface area (Å²) in [6, 6.07) is 20.3. The summed E-state index contributed by atoms with van der Waals surface area (Å²) in [5, 5.41) is 1.82. The molecule has 0 bridgehead atoms. The van der Waals surface area contributed by atoms with Crippen LogP contribution in [-0.4, -0.2) is 45.9 Å². The minimum Gasteiger partial charge on any atom is -0.469 e. The Labute approximate surface area is 212 Å². The van der Waals surface area contributed by atoms with Gasteiger partial charge in [-0.25, -0.2) is 0 Å². The highest BCUT2D eigenvalue weighted by atomic mass is 31.2. The van der Waals surface area contributed by atoms with Gasteiger partial charge in [-0.05, 0) is 43.1 Å². The lowest BCUT2D eigenvalue weighted by atomic mass is 10.2. The first-order valence-corrected chi connectivity index (χ1v) is 15.8. The molecule has 8 heteroatoms. The number of esters is 1. The van der Waals surface area contributed by atoms with E-state index in [0.717, 1.165) is 10.4 Å². The van der Waals surface area contributed by atoms with E-state index in [0.29, 0.717) is 0 Å². The second kappa shape index (κ2) is 12.5. The van der Waals surface area contributed by atoms with E-state index in [1.165, 1.54) is 7.11 Å². The average Bonchev–Trinajstić information content (AvgIpc) is 2.76. The standard InChI is InChI=1S/C27H41O6PSi/c1-21(2)31-34(29,32-22(3)4)20-23(19-26(28)30-8)33-35(27(5,6)7,24-15-11-9-12-16-24)25-17-13-10-14-18-25/h9-18,21-23H,19-20H2,1-8H3/t23-/m0/s1. The Balaban J connectivity index is 2.68. The molecule has 6 nitrogen and oxygen atoms in total. The Kier molecular flexibility index (Phi) is 10.5. The van der Waals surface area contributed by atoms with Crippen molar-refractivity contribution in [3.8, 4) is 0 Å². The number of ether oxygens (including phenoxy) is 1. The third kappa shape index (κ3) is 7.86. The van der Waals surface area contributed by atoms with Gasteiger partial charge in [-0.2, -0.15) is 0 Å². The number of methoxy groups -OCH3 is 1. The molecule has 0 amide bonds. The van der Waals surface area contributed by atoms with Crippen LogP contribution in [0.5, 0.6) is 0 Å². The van der Waals surface area contributed by atoms with Crippen LogP contribution in [0.15, 0.2) is 60.7 Å². The molecule has 0 aliphatic rings. The van der Waals surface area contributed by atoms with E-state index in [1.807, 2.05) is 64.1 Å². The van der Waals surface area contributed by atoms with Crippen LogP contribution in [0.1, 0.15) is 54.9 Å². The number of hydrogen-bond acceptors (Lipinski definition) is 6. The predicted molar refractivity (Wildman–Crippen MR) is 144 cm³/mol. The second-order valence-electron chi connectivity index (χ2n) is 10.3. The van der Waals surface area contributed by atoms with E-state index in [2.05, 4.69) is 45.0 Å². The van der Waals surface area contributed by atoms with Gasteiger partial charge in [-0.15, -0.1) is 0 Å². The third-order valence-electron chi connectivity index (χ3n) is 5.55. The first kappa shape index (κ1) is 29.5. The second-order valence-corrected chi connectivity index (χ2v) is 16.5. The molecule has 194 valence electrons. The maximum absolute atomic E-state index is 13.9. The van der Waals surface area contributed by atoms with Crippen LogP contribution in [0.4, 0.5) is 0 Å². The zero-order chi connectivity index (χ0) is 26.3. The lowest BCUT2D eigenvalue weighted by Gasteiger charge is -2.45. The molecular formula is C27H41O6PSi. The molecule has 0 aliphatic carbocycles. The summed E-state index contributed by atoms with van der Waals surface area (Å²) in [7, 11) is -5.25. The Hall–Kier alpha value is -1.76. The first-order valence-electron chi connectivity index (χ1n) is 12.1. The molecule has 0 heterocycles. The van der Waals surface area contributed by atoms with E-state index in [4.69, 9.17) is 18.2 Å². The summed E-state index contributed by atoms with van der Waals surface area (Å²) >= 11 is 0. The van der Waals surface area contributed by atoms with E-state index in [9.17, 15) is 9.36 Å². The SMILES string of the molecule is COC(=O)C[C@@H](CP(=O)(OC(C)C)OC(C)C)O[Si](c1ccccc1)(c1ccccc1)C(C)(C)C. The maximum atomic E-state index is 13.9. The van der Waals surface area contributed by atoms with Crippen LogP contribution in [0.2, 0.25) is 5.04 Å². The number of rotatable bonds is 12. The molecule has 0 saturated heterocycles. The monoisotopic (exact) mass is 520 g/mol. The summed E-state index contributed by atoms with van der Waals surface area (Å²) in [6.07, 6.45) is -1.48. The molecule has 35 heavy (non-hydrogen) atoms. The molecule has 2 rings (SSSR count). The Morgan fingerprint density at radius 3 is 1.63 bits per heavy atom. The molecule has 0 aliphatic heterocycles. The molecule has 0 aromatic heterocycles. The summed E-state index contributed by atoms with van der Waals surface area (Å²) in [5.41, 5.74) is 0. The van der Waals surface area contributed by atoms with Crippen molar-refractivity contribution < 1.29 is 27.6 Å². The van der Waals surface area contributed by atoms with Crippen molar-refractivity contribution in [1.82, 2.24) is 0 Å². The van der Waals surface area contributed by atoms with Crippen molar-refractivity contribution in [2.45, 2.75) is 78.2 Å². The minimum atomic E-state index is -3.59. The highest BCUT2D eigenvalue weighted by Crippen LogP contribution is 2.52. The van der Waals surface area contributed by atoms with Crippen LogP contribution in [0.25, 0.3) is 0 Å². The zero-order valence-electron chi connectivity index (χ0n) is 22.3. The molecule has 1 atom stereocenters. The highest BCUT2D eigenvalue weighted by molar-refractivity contribution is 7.53. The fourth-order valence-electron chi connectivity index (χ4n) is 4.36. The van der Waals surface area contributed by atoms with Gasteiger partial charge in [0.15, 0.2) is 0 Å². The molecule has 0 spiro atoms.